The van der Waals surface area contributed by atoms with Crippen LogP contribution < -0.4 is 5.32 Å². The van der Waals surface area contributed by atoms with Crippen LogP contribution in [0.1, 0.15) is 31.7 Å². The van der Waals surface area contributed by atoms with Crippen molar-refractivity contribution in [2.45, 2.75) is 39.8 Å². The maximum absolute atomic E-state index is 4.60. The van der Waals surface area contributed by atoms with Gasteiger partial charge < -0.3 is 10.2 Å². The van der Waals surface area contributed by atoms with Crippen LogP contribution in [0.2, 0.25) is 0 Å². The number of likely N-dealkylation sites (N-methyl/N-ethyl adjacent to an activating group) is 1. The topological polar surface area (TPSA) is 32.6 Å². The average Bonchev–Trinajstić information content (AvgIpc) is 2.85. The second kappa shape index (κ2) is 6.70. The monoisotopic (exact) mass is 294 g/mol. The van der Waals surface area contributed by atoms with Crippen molar-refractivity contribution in [2.75, 3.05) is 20.6 Å². The Morgan fingerprint density at radius 3 is 2.80 bits per heavy atom. The van der Waals surface area contributed by atoms with E-state index in [1.165, 1.54) is 12.1 Å². The summed E-state index contributed by atoms with van der Waals surface area (Å²) in [7, 11) is 4.27. The van der Waals surface area contributed by atoms with Gasteiger partial charge in [0.25, 0.3) is 0 Å². The molecule has 0 bridgehead atoms. The number of thiazole rings is 1. The van der Waals surface area contributed by atoms with Gasteiger partial charge in [0.2, 0.25) is 0 Å². The van der Waals surface area contributed by atoms with Gasteiger partial charge >= 0.3 is 0 Å². The van der Waals surface area contributed by atoms with Gasteiger partial charge in [-0.1, -0.05) is 13.8 Å². The quantitative estimate of drug-likeness (QED) is 0.852. The molecule has 1 atom stereocenters. The number of rotatable bonds is 7. The Bertz CT molecular complexity index is 531. The van der Waals surface area contributed by atoms with Crippen molar-refractivity contribution in [3.8, 4) is 0 Å². The zero-order valence-corrected chi connectivity index (χ0v) is 14.0. The van der Waals surface area contributed by atoms with Crippen molar-refractivity contribution >= 4 is 16.3 Å². The zero-order valence-electron chi connectivity index (χ0n) is 13.2. The highest BCUT2D eigenvalue weighted by atomic mass is 32.1. The van der Waals surface area contributed by atoms with E-state index in [1.54, 1.807) is 11.3 Å². The van der Waals surface area contributed by atoms with Gasteiger partial charge in [0.1, 0.15) is 0 Å². The first-order chi connectivity index (χ1) is 9.47. The summed E-state index contributed by atoms with van der Waals surface area (Å²) in [5.41, 5.74) is 2.42. The zero-order chi connectivity index (χ0) is 14.7. The SMILES string of the molecule is Cc1nc2sccn2c1CNC(CC(C)C)CN(C)C. The van der Waals surface area contributed by atoms with Crippen LogP contribution in [-0.2, 0) is 6.54 Å². The molecule has 0 aliphatic rings. The molecule has 1 N–H and O–H groups in total. The Morgan fingerprint density at radius 1 is 1.40 bits per heavy atom. The molecule has 20 heavy (non-hydrogen) atoms. The lowest BCUT2D eigenvalue weighted by atomic mass is 10.0. The Labute approximate surface area is 125 Å². The van der Waals surface area contributed by atoms with Crippen LogP contribution in [0.25, 0.3) is 4.96 Å². The molecule has 0 fully saturated rings. The fourth-order valence-electron chi connectivity index (χ4n) is 2.63. The maximum atomic E-state index is 4.60. The summed E-state index contributed by atoms with van der Waals surface area (Å²) in [4.78, 5) is 7.95. The van der Waals surface area contributed by atoms with Crippen LogP contribution in [0.5, 0.6) is 0 Å². The molecule has 0 saturated carbocycles. The van der Waals surface area contributed by atoms with E-state index in [0.717, 1.165) is 23.7 Å². The van der Waals surface area contributed by atoms with E-state index < -0.39 is 0 Å². The molecule has 2 heterocycles. The van der Waals surface area contributed by atoms with Crippen LogP contribution >= 0.6 is 11.3 Å². The molecule has 2 aromatic rings. The van der Waals surface area contributed by atoms with E-state index in [4.69, 9.17) is 0 Å². The summed E-state index contributed by atoms with van der Waals surface area (Å²) in [6.07, 6.45) is 3.31. The predicted molar refractivity (Wildman–Crippen MR) is 86.4 cm³/mol. The van der Waals surface area contributed by atoms with Gasteiger partial charge in [-0.25, -0.2) is 4.98 Å². The standard InChI is InChI=1S/C15H26N4S/c1-11(2)8-13(10-18(4)5)16-9-14-12(3)17-15-19(14)6-7-20-15/h6-7,11,13,16H,8-10H2,1-5H3. The normalized spacial score (nSPS) is 13.8. The lowest BCUT2D eigenvalue weighted by Gasteiger charge is -2.24. The molecule has 0 amide bonds. The molecule has 2 aromatic heterocycles. The third kappa shape index (κ3) is 3.81. The summed E-state index contributed by atoms with van der Waals surface area (Å²) in [6, 6.07) is 0.522. The number of aryl methyl sites for hydroxylation is 1. The second-order valence-corrected chi connectivity index (χ2v) is 7.04. The molecule has 5 heteroatoms. The van der Waals surface area contributed by atoms with E-state index >= 15 is 0 Å². The number of aromatic nitrogens is 2. The van der Waals surface area contributed by atoms with Crippen molar-refractivity contribution < 1.29 is 0 Å². The minimum atomic E-state index is 0.522. The first kappa shape index (κ1) is 15.5. The number of imidazole rings is 1. The Morgan fingerprint density at radius 2 is 2.15 bits per heavy atom. The molecular formula is C15H26N4S. The van der Waals surface area contributed by atoms with Crippen LogP contribution in [0.15, 0.2) is 11.6 Å². The van der Waals surface area contributed by atoms with E-state index in [1.807, 2.05) is 0 Å². The first-order valence-electron chi connectivity index (χ1n) is 7.26. The highest BCUT2D eigenvalue weighted by Crippen LogP contribution is 2.17. The fraction of sp³-hybridized carbons (Fsp3) is 0.667. The van der Waals surface area contributed by atoms with E-state index in [0.29, 0.717) is 12.0 Å². The molecule has 112 valence electrons. The summed E-state index contributed by atoms with van der Waals surface area (Å²) >= 11 is 1.69. The van der Waals surface area contributed by atoms with Crippen LogP contribution in [0.4, 0.5) is 0 Å². The van der Waals surface area contributed by atoms with Crippen LogP contribution in [0, 0.1) is 12.8 Å². The Balaban J connectivity index is 2.04. The number of nitrogens with zero attached hydrogens (tertiary/aromatic N) is 3. The van der Waals surface area contributed by atoms with Gasteiger partial charge in [0.05, 0.1) is 11.4 Å². The molecule has 4 nitrogen and oxygen atoms in total. The molecule has 2 rings (SSSR count). The summed E-state index contributed by atoms with van der Waals surface area (Å²) < 4.78 is 2.20. The fourth-order valence-corrected chi connectivity index (χ4v) is 3.41. The minimum absolute atomic E-state index is 0.522. The van der Waals surface area contributed by atoms with Crippen molar-refractivity contribution in [3.05, 3.63) is 23.0 Å². The lowest BCUT2D eigenvalue weighted by molar-refractivity contribution is 0.304. The lowest BCUT2D eigenvalue weighted by Crippen LogP contribution is -2.39. The third-order valence-corrected chi connectivity index (χ3v) is 4.22. The molecule has 0 aliphatic carbocycles. The van der Waals surface area contributed by atoms with Crippen molar-refractivity contribution in [1.82, 2.24) is 19.6 Å². The molecule has 0 aromatic carbocycles. The maximum Gasteiger partial charge on any atom is 0.194 e. The van der Waals surface area contributed by atoms with Crippen molar-refractivity contribution in [3.63, 3.8) is 0 Å². The van der Waals surface area contributed by atoms with E-state index in [9.17, 15) is 0 Å². The van der Waals surface area contributed by atoms with Gasteiger partial charge in [-0.05, 0) is 33.4 Å². The number of fused-ring (bicyclic) bond motifs is 1. The highest BCUT2D eigenvalue weighted by molar-refractivity contribution is 7.15. The van der Waals surface area contributed by atoms with Crippen molar-refractivity contribution in [2.24, 2.45) is 5.92 Å². The van der Waals surface area contributed by atoms with Crippen LogP contribution in [0.3, 0.4) is 0 Å². The molecule has 1 unspecified atom stereocenters. The molecule has 0 radical (unpaired) electrons. The molecule has 0 saturated heterocycles. The van der Waals surface area contributed by atoms with Gasteiger partial charge in [0, 0.05) is 30.7 Å². The Hall–Kier alpha value is -0.910. The number of hydrogen-bond acceptors (Lipinski definition) is 4. The summed E-state index contributed by atoms with van der Waals surface area (Å²) in [5.74, 6) is 0.708. The highest BCUT2D eigenvalue weighted by Gasteiger charge is 2.14. The van der Waals surface area contributed by atoms with Crippen LogP contribution in [-0.4, -0.2) is 41.0 Å². The average molecular weight is 294 g/mol. The molecule has 0 spiro atoms. The van der Waals surface area contributed by atoms with Gasteiger partial charge in [-0.2, -0.15) is 0 Å². The minimum Gasteiger partial charge on any atom is -0.308 e. The van der Waals surface area contributed by atoms with Gasteiger partial charge in [0.15, 0.2) is 4.96 Å². The number of nitrogens with one attached hydrogen (secondary N) is 1. The van der Waals surface area contributed by atoms with Gasteiger partial charge in [-0.15, -0.1) is 11.3 Å². The van der Waals surface area contributed by atoms with E-state index in [2.05, 4.69) is 66.0 Å². The Kier molecular flexibility index (Phi) is 5.18. The van der Waals surface area contributed by atoms with Crippen molar-refractivity contribution in [1.29, 1.82) is 0 Å². The predicted octanol–water partition coefficient (Wildman–Crippen LogP) is 2.77. The smallest absolute Gasteiger partial charge is 0.194 e. The second-order valence-electron chi connectivity index (χ2n) is 6.17. The summed E-state index contributed by atoms with van der Waals surface area (Å²) in [6.45, 7) is 8.62. The third-order valence-electron chi connectivity index (χ3n) is 3.46. The molecular weight excluding hydrogens is 268 g/mol. The number of hydrogen-bond donors (Lipinski definition) is 1. The van der Waals surface area contributed by atoms with E-state index in [-0.39, 0.29) is 0 Å². The van der Waals surface area contributed by atoms with Gasteiger partial charge in [-0.3, -0.25) is 4.40 Å². The largest absolute Gasteiger partial charge is 0.308 e. The summed E-state index contributed by atoms with van der Waals surface area (Å²) in [5, 5.41) is 5.80. The first-order valence-corrected chi connectivity index (χ1v) is 8.14. The molecule has 0 aliphatic heterocycles.